The summed E-state index contributed by atoms with van der Waals surface area (Å²) in [5, 5.41) is 15.1. The van der Waals surface area contributed by atoms with Crippen LogP contribution in [0, 0.1) is 5.82 Å². The summed E-state index contributed by atoms with van der Waals surface area (Å²) in [6, 6.07) is 11.3. The summed E-state index contributed by atoms with van der Waals surface area (Å²) in [4.78, 5) is 22.3. The second kappa shape index (κ2) is 10.6. The van der Waals surface area contributed by atoms with Crippen molar-refractivity contribution in [2.45, 2.75) is 45.4 Å². The summed E-state index contributed by atoms with van der Waals surface area (Å²) in [6.07, 6.45) is 5.49. The highest BCUT2D eigenvalue weighted by Crippen LogP contribution is 2.38. The summed E-state index contributed by atoms with van der Waals surface area (Å²) >= 11 is 0. The first kappa shape index (κ1) is 26.7. The predicted octanol–water partition coefficient (Wildman–Crippen LogP) is 3.44. The summed E-state index contributed by atoms with van der Waals surface area (Å²) in [5.41, 5.74) is 11.2. The zero-order valence-electron chi connectivity index (χ0n) is 23.7. The quantitative estimate of drug-likeness (QED) is 0.310. The van der Waals surface area contributed by atoms with Gasteiger partial charge in [0.1, 0.15) is 11.3 Å². The Hall–Kier alpha value is -4.22. The lowest BCUT2D eigenvalue weighted by atomic mass is 10.0. The van der Waals surface area contributed by atoms with E-state index in [1.807, 2.05) is 28.4 Å². The van der Waals surface area contributed by atoms with Gasteiger partial charge in [-0.1, -0.05) is 12.1 Å². The number of hydrogen-bond acceptors (Lipinski definition) is 6. The van der Waals surface area contributed by atoms with Gasteiger partial charge in [0.25, 0.3) is 5.91 Å². The monoisotopic (exact) mass is 570 g/mol. The van der Waals surface area contributed by atoms with Gasteiger partial charge >= 0.3 is 0 Å². The van der Waals surface area contributed by atoms with Crippen LogP contribution in [-0.4, -0.2) is 78.6 Å². The molecule has 1 saturated heterocycles. The molecule has 218 valence electrons. The Balaban J connectivity index is 1.39. The number of para-hydroxylation sites is 1. The van der Waals surface area contributed by atoms with Crippen LogP contribution in [-0.2, 0) is 19.6 Å². The highest BCUT2D eigenvalue weighted by atomic mass is 19.1. The Morgan fingerprint density at radius 2 is 2.05 bits per heavy atom. The van der Waals surface area contributed by atoms with E-state index in [1.54, 1.807) is 17.2 Å². The number of aliphatic hydroxyl groups excluding tert-OH is 1. The van der Waals surface area contributed by atoms with E-state index in [2.05, 4.69) is 32.8 Å². The minimum Gasteiger partial charge on any atom is -0.395 e. The van der Waals surface area contributed by atoms with E-state index >= 15 is 4.39 Å². The number of aryl methyl sites for hydroxylation is 1. The number of amides is 1. The summed E-state index contributed by atoms with van der Waals surface area (Å²) in [6.45, 7) is 6.30. The molecule has 42 heavy (non-hydrogen) atoms. The Labute approximate surface area is 242 Å². The molecule has 0 saturated carbocycles. The van der Waals surface area contributed by atoms with E-state index in [0.29, 0.717) is 49.6 Å². The average molecular weight is 571 g/mol. The van der Waals surface area contributed by atoms with E-state index in [-0.39, 0.29) is 24.1 Å². The fourth-order valence-corrected chi connectivity index (χ4v) is 6.58. The highest BCUT2D eigenvalue weighted by Gasteiger charge is 2.28. The van der Waals surface area contributed by atoms with Gasteiger partial charge in [-0.05, 0) is 44.0 Å². The van der Waals surface area contributed by atoms with Crippen LogP contribution >= 0.6 is 0 Å². The number of anilines is 1. The lowest BCUT2D eigenvalue weighted by Gasteiger charge is -2.30. The molecule has 0 radical (unpaired) electrons. The number of likely N-dealkylation sites (tertiary alicyclic amines) is 1. The maximum atomic E-state index is 16.1. The number of aliphatic hydroxyl groups is 1. The maximum Gasteiger partial charge on any atom is 0.254 e. The van der Waals surface area contributed by atoms with Crippen LogP contribution in [0.5, 0.6) is 0 Å². The maximum absolute atomic E-state index is 16.1. The Bertz CT molecular complexity index is 1800. The lowest BCUT2D eigenvalue weighted by molar-refractivity contribution is 0.0708. The fraction of sp³-hybridized carbons (Fsp3) is 0.387. The van der Waals surface area contributed by atoms with Gasteiger partial charge in [-0.3, -0.25) is 9.48 Å². The van der Waals surface area contributed by atoms with Crippen LogP contribution in [0.1, 0.15) is 35.7 Å². The van der Waals surface area contributed by atoms with Gasteiger partial charge in [0, 0.05) is 68.0 Å². The number of β-amino-alcohol motifs (C(OH)–C–C–N with tert-alkyl or cyclic N) is 1. The van der Waals surface area contributed by atoms with Gasteiger partial charge in [-0.15, -0.1) is 0 Å². The molecule has 2 aromatic carbocycles. The number of benzene rings is 2. The van der Waals surface area contributed by atoms with Crippen LogP contribution < -0.4 is 10.6 Å². The minimum atomic E-state index is -0.483. The first-order valence-electron chi connectivity index (χ1n) is 14.7. The van der Waals surface area contributed by atoms with Gasteiger partial charge in [0.2, 0.25) is 0 Å². The van der Waals surface area contributed by atoms with Crippen molar-refractivity contribution < 1.29 is 14.3 Å². The number of imidazole rings is 1. The molecular weight excluding hydrogens is 535 g/mol. The molecule has 7 rings (SSSR count). The van der Waals surface area contributed by atoms with Crippen molar-refractivity contribution in [3.05, 3.63) is 65.7 Å². The highest BCUT2D eigenvalue weighted by molar-refractivity contribution is 5.99. The minimum absolute atomic E-state index is 0.0650. The first-order valence-corrected chi connectivity index (χ1v) is 14.7. The molecule has 3 aromatic heterocycles. The zero-order chi connectivity index (χ0) is 29.0. The number of nitrogens with zero attached hydrogens (tertiary/aromatic N) is 7. The second-order valence-corrected chi connectivity index (χ2v) is 11.3. The molecule has 11 heteroatoms. The largest absolute Gasteiger partial charge is 0.395 e. The van der Waals surface area contributed by atoms with Crippen molar-refractivity contribution in [3.63, 3.8) is 0 Å². The van der Waals surface area contributed by atoms with Crippen molar-refractivity contribution in [3.8, 4) is 11.5 Å². The third-order valence-corrected chi connectivity index (χ3v) is 8.57. The lowest BCUT2D eigenvalue weighted by Crippen LogP contribution is -2.45. The number of carbonyl (C=O) groups is 1. The van der Waals surface area contributed by atoms with Crippen molar-refractivity contribution >= 4 is 33.5 Å². The van der Waals surface area contributed by atoms with Crippen molar-refractivity contribution in [1.29, 1.82) is 0 Å². The number of nitrogens with two attached hydrogens (primary N) is 1. The summed E-state index contributed by atoms with van der Waals surface area (Å²) in [7, 11) is 0. The SMILES string of the molecule is CCn1cc(Cn2c(-c3cc4cccc5c4n3CCN5CCO)nc3cc(C(=O)N4CCCC(N)C4)cc(F)c32)cn1. The van der Waals surface area contributed by atoms with Gasteiger partial charge in [-0.2, -0.15) is 5.10 Å². The number of carbonyl (C=O) groups excluding carboxylic acids is 1. The molecule has 5 aromatic rings. The number of hydrogen-bond donors (Lipinski definition) is 2. The molecule has 5 heterocycles. The first-order chi connectivity index (χ1) is 20.4. The van der Waals surface area contributed by atoms with E-state index in [4.69, 9.17) is 10.7 Å². The fourth-order valence-electron chi connectivity index (χ4n) is 6.58. The second-order valence-electron chi connectivity index (χ2n) is 11.3. The van der Waals surface area contributed by atoms with Crippen LogP contribution in [0.15, 0.2) is 48.8 Å². The van der Waals surface area contributed by atoms with Crippen molar-refractivity contribution in [1.82, 2.24) is 28.8 Å². The third kappa shape index (κ3) is 4.44. The van der Waals surface area contributed by atoms with Crippen molar-refractivity contribution in [2.24, 2.45) is 5.73 Å². The third-order valence-electron chi connectivity index (χ3n) is 8.57. The molecule has 1 atom stereocenters. The summed E-state index contributed by atoms with van der Waals surface area (Å²) in [5.74, 6) is -0.0673. The normalized spacial score (nSPS) is 17.1. The number of aromatic nitrogens is 5. The molecule has 2 aliphatic rings. The van der Waals surface area contributed by atoms with E-state index in [9.17, 15) is 9.90 Å². The van der Waals surface area contributed by atoms with Gasteiger partial charge in [0.15, 0.2) is 5.82 Å². The smallest absolute Gasteiger partial charge is 0.254 e. The molecule has 0 bridgehead atoms. The predicted molar refractivity (Wildman–Crippen MR) is 160 cm³/mol. The molecule has 2 aliphatic heterocycles. The van der Waals surface area contributed by atoms with Crippen molar-refractivity contribution in [2.75, 3.05) is 37.7 Å². The van der Waals surface area contributed by atoms with Gasteiger partial charge < -0.3 is 29.8 Å². The van der Waals surface area contributed by atoms with Gasteiger partial charge in [-0.25, -0.2) is 9.37 Å². The topological polar surface area (TPSA) is 110 Å². The Kier molecular flexibility index (Phi) is 6.70. The summed E-state index contributed by atoms with van der Waals surface area (Å²) < 4.78 is 22.1. The zero-order valence-corrected chi connectivity index (χ0v) is 23.7. The van der Waals surface area contributed by atoms with E-state index in [0.717, 1.165) is 53.8 Å². The molecule has 3 N–H and O–H groups in total. The van der Waals surface area contributed by atoms with Crippen LogP contribution in [0.3, 0.4) is 0 Å². The van der Waals surface area contributed by atoms with Crippen LogP contribution in [0.2, 0.25) is 0 Å². The number of halogens is 1. The molecule has 1 fully saturated rings. The Morgan fingerprint density at radius 3 is 2.83 bits per heavy atom. The number of piperidine rings is 1. The Morgan fingerprint density at radius 1 is 1.17 bits per heavy atom. The van der Waals surface area contributed by atoms with E-state index in [1.165, 1.54) is 6.07 Å². The van der Waals surface area contributed by atoms with Gasteiger partial charge in [0.05, 0.1) is 41.8 Å². The molecule has 0 spiro atoms. The molecule has 10 nitrogen and oxygen atoms in total. The number of rotatable bonds is 7. The molecule has 1 amide bonds. The van der Waals surface area contributed by atoms with E-state index < -0.39 is 5.82 Å². The standard InChI is InChI=1S/C31H35FN8O2/c1-2-38-17-20(16-34-38)18-40-29-24(32)13-22(31(42)37-8-4-6-23(33)19-37)14-25(29)35-30(40)27-15-21-5-3-7-26-28(21)39(27)10-9-36(26)11-12-41/h3,5,7,13-17,23,41H,2,4,6,8-12,18-19,33H2,1H3. The average Bonchev–Trinajstić information content (AvgIpc) is 3.71. The molecule has 0 aliphatic carbocycles. The molecule has 1 unspecified atom stereocenters. The van der Waals surface area contributed by atoms with Crippen LogP contribution in [0.4, 0.5) is 10.1 Å². The number of fused-ring (bicyclic) bond motifs is 1. The molecular formula is C31H35FN8O2. The van der Waals surface area contributed by atoms with Crippen LogP contribution in [0.25, 0.3) is 33.5 Å².